The fraction of sp³-hybridized carbons (Fsp3) is 0.174. The van der Waals surface area contributed by atoms with E-state index in [0.29, 0.717) is 24.4 Å². The van der Waals surface area contributed by atoms with Crippen molar-refractivity contribution < 1.29 is 9.53 Å². The molecular weight excluding hydrogens is 350 g/mol. The highest BCUT2D eigenvalue weighted by Crippen LogP contribution is 2.36. The second-order valence-electron chi connectivity index (χ2n) is 6.82. The first-order chi connectivity index (χ1) is 13.8. The van der Waals surface area contributed by atoms with E-state index in [1.54, 1.807) is 10.9 Å². The number of ether oxygens (including phenoxy) is 1. The van der Waals surface area contributed by atoms with Gasteiger partial charge in [-0.05, 0) is 37.5 Å². The standard InChI is InChI=1S/C23H19N3O2/c1-2-28-22-18-13-12-15-8-6-7-11-17(15)21(27)20(18)25-23-19(22)14-24-26(23)16-9-4-3-5-10-16/h3-11,14H,2,12-13H2,1H3. The zero-order chi connectivity index (χ0) is 19.1. The Bertz CT molecular complexity index is 1200. The van der Waals surface area contributed by atoms with Crippen molar-refractivity contribution >= 4 is 16.8 Å². The first-order valence-electron chi connectivity index (χ1n) is 9.49. The van der Waals surface area contributed by atoms with Crippen molar-refractivity contribution in [2.45, 2.75) is 19.8 Å². The maximum atomic E-state index is 13.4. The average Bonchev–Trinajstić information content (AvgIpc) is 3.11. The topological polar surface area (TPSA) is 57.0 Å². The molecule has 0 saturated carbocycles. The summed E-state index contributed by atoms with van der Waals surface area (Å²) in [7, 11) is 0. The quantitative estimate of drug-likeness (QED) is 0.544. The van der Waals surface area contributed by atoms with Crippen LogP contribution in [0.2, 0.25) is 0 Å². The number of aromatic nitrogens is 3. The van der Waals surface area contributed by atoms with Crippen molar-refractivity contribution in [1.29, 1.82) is 0 Å². The number of carbonyl (C=O) groups is 1. The summed E-state index contributed by atoms with van der Waals surface area (Å²) in [6.45, 7) is 2.47. The summed E-state index contributed by atoms with van der Waals surface area (Å²) < 4.78 is 7.79. The number of carbonyl (C=O) groups excluding carboxylic acids is 1. The van der Waals surface area contributed by atoms with E-state index < -0.39 is 0 Å². The molecule has 0 spiro atoms. The van der Waals surface area contributed by atoms with Crippen LogP contribution in [0.3, 0.4) is 0 Å². The van der Waals surface area contributed by atoms with Gasteiger partial charge in [-0.1, -0.05) is 42.5 Å². The SMILES string of the molecule is CCOc1c2c(nc3c1cnn3-c1ccccc1)C(=O)c1ccccc1CC2. The van der Waals surface area contributed by atoms with Gasteiger partial charge in [-0.15, -0.1) is 0 Å². The van der Waals surface area contributed by atoms with Crippen LogP contribution in [-0.4, -0.2) is 27.2 Å². The number of hydrogen-bond donors (Lipinski definition) is 0. The summed E-state index contributed by atoms with van der Waals surface area (Å²) in [6.07, 6.45) is 3.28. The number of fused-ring (bicyclic) bond motifs is 3. The van der Waals surface area contributed by atoms with E-state index in [2.05, 4.69) is 5.10 Å². The molecule has 28 heavy (non-hydrogen) atoms. The van der Waals surface area contributed by atoms with E-state index >= 15 is 0 Å². The van der Waals surface area contributed by atoms with Crippen molar-refractivity contribution in [1.82, 2.24) is 14.8 Å². The lowest BCUT2D eigenvalue weighted by molar-refractivity contribution is 0.103. The molecule has 0 atom stereocenters. The zero-order valence-electron chi connectivity index (χ0n) is 15.6. The maximum Gasteiger partial charge on any atom is 0.212 e. The number of aryl methyl sites for hydroxylation is 1. The van der Waals surface area contributed by atoms with Crippen molar-refractivity contribution in [3.05, 3.63) is 83.2 Å². The van der Waals surface area contributed by atoms with Gasteiger partial charge in [0.15, 0.2) is 5.65 Å². The molecule has 0 aliphatic heterocycles. The van der Waals surface area contributed by atoms with Crippen molar-refractivity contribution in [2.24, 2.45) is 0 Å². The summed E-state index contributed by atoms with van der Waals surface area (Å²) in [5.74, 6) is 0.678. The highest BCUT2D eigenvalue weighted by molar-refractivity contribution is 6.11. The average molecular weight is 369 g/mol. The van der Waals surface area contributed by atoms with Crippen LogP contribution >= 0.6 is 0 Å². The Balaban J connectivity index is 1.80. The Morgan fingerprint density at radius 3 is 2.64 bits per heavy atom. The predicted molar refractivity (Wildman–Crippen MR) is 107 cm³/mol. The summed E-state index contributed by atoms with van der Waals surface area (Å²) in [4.78, 5) is 18.2. The summed E-state index contributed by atoms with van der Waals surface area (Å²) in [6, 6.07) is 17.6. The van der Waals surface area contributed by atoms with Crippen LogP contribution in [0.1, 0.15) is 34.1 Å². The van der Waals surface area contributed by atoms with Gasteiger partial charge in [0.05, 0.1) is 23.9 Å². The third-order valence-electron chi connectivity index (χ3n) is 5.18. The Kier molecular flexibility index (Phi) is 3.93. The van der Waals surface area contributed by atoms with Crippen molar-refractivity contribution in [3.63, 3.8) is 0 Å². The second-order valence-corrected chi connectivity index (χ2v) is 6.82. The molecule has 0 bridgehead atoms. The van der Waals surface area contributed by atoms with Gasteiger partial charge >= 0.3 is 0 Å². The van der Waals surface area contributed by atoms with Gasteiger partial charge in [-0.25, -0.2) is 9.67 Å². The monoisotopic (exact) mass is 369 g/mol. The first-order valence-corrected chi connectivity index (χ1v) is 9.49. The van der Waals surface area contributed by atoms with Crippen molar-refractivity contribution in [2.75, 3.05) is 6.61 Å². The Hall–Kier alpha value is -3.47. The molecule has 5 nitrogen and oxygen atoms in total. The number of benzene rings is 2. The van der Waals surface area contributed by atoms with Gasteiger partial charge in [-0.3, -0.25) is 4.79 Å². The summed E-state index contributed by atoms with van der Waals surface area (Å²) in [5.41, 5.74) is 4.67. The van der Waals surface area contributed by atoms with Crippen LogP contribution in [0.15, 0.2) is 60.8 Å². The number of para-hydroxylation sites is 1. The molecule has 5 heteroatoms. The summed E-state index contributed by atoms with van der Waals surface area (Å²) in [5, 5.41) is 5.37. The van der Waals surface area contributed by atoms with Gasteiger partial charge in [0.25, 0.3) is 0 Å². The molecule has 4 aromatic rings. The first kappa shape index (κ1) is 16.7. The molecule has 138 valence electrons. The van der Waals surface area contributed by atoms with Crippen LogP contribution in [0, 0.1) is 0 Å². The minimum absolute atomic E-state index is 0.0493. The molecule has 2 aromatic carbocycles. The third kappa shape index (κ3) is 2.51. The highest BCUT2D eigenvalue weighted by Gasteiger charge is 2.28. The Morgan fingerprint density at radius 2 is 1.82 bits per heavy atom. The highest BCUT2D eigenvalue weighted by atomic mass is 16.5. The fourth-order valence-corrected chi connectivity index (χ4v) is 3.89. The van der Waals surface area contributed by atoms with Gasteiger partial charge in [0.1, 0.15) is 11.4 Å². The molecule has 0 N–H and O–H groups in total. The number of hydrogen-bond acceptors (Lipinski definition) is 4. The number of nitrogens with zero attached hydrogens (tertiary/aromatic N) is 3. The smallest absolute Gasteiger partial charge is 0.212 e. The predicted octanol–water partition coefficient (Wildman–Crippen LogP) is 4.15. The molecular formula is C23H19N3O2. The largest absolute Gasteiger partial charge is 0.493 e. The minimum Gasteiger partial charge on any atom is -0.493 e. The fourth-order valence-electron chi connectivity index (χ4n) is 3.89. The Labute approximate surface area is 162 Å². The molecule has 0 unspecified atom stereocenters. The van der Waals surface area contributed by atoms with Gasteiger partial charge < -0.3 is 4.74 Å². The molecule has 0 amide bonds. The van der Waals surface area contributed by atoms with Crippen molar-refractivity contribution in [3.8, 4) is 11.4 Å². The molecule has 1 aliphatic carbocycles. The summed E-state index contributed by atoms with van der Waals surface area (Å²) >= 11 is 0. The second kappa shape index (κ2) is 6.60. The van der Waals surface area contributed by atoms with Crippen LogP contribution in [0.4, 0.5) is 0 Å². The lowest BCUT2D eigenvalue weighted by atomic mass is 10.0. The molecule has 1 aliphatic rings. The van der Waals surface area contributed by atoms with Gasteiger partial charge in [0, 0.05) is 11.1 Å². The number of rotatable bonds is 3. The van der Waals surface area contributed by atoms with E-state index in [0.717, 1.165) is 39.9 Å². The normalized spacial score (nSPS) is 13.1. The van der Waals surface area contributed by atoms with E-state index in [-0.39, 0.29) is 5.78 Å². The molecule has 0 radical (unpaired) electrons. The molecule has 0 fully saturated rings. The van der Waals surface area contributed by atoms with E-state index in [9.17, 15) is 4.79 Å². The lowest BCUT2D eigenvalue weighted by Gasteiger charge is -2.13. The van der Waals surface area contributed by atoms with Gasteiger partial charge in [-0.2, -0.15) is 5.10 Å². The lowest BCUT2D eigenvalue weighted by Crippen LogP contribution is -2.10. The molecule has 0 saturated heterocycles. The van der Waals surface area contributed by atoms with Crippen LogP contribution in [0.25, 0.3) is 16.7 Å². The molecule has 2 heterocycles. The van der Waals surface area contributed by atoms with Crippen LogP contribution < -0.4 is 4.74 Å². The minimum atomic E-state index is -0.0493. The third-order valence-corrected chi connectivity index (χ3v) is 5.18. The zero-order valence-corrected chi connectivity index (χ0v) is 15.6. The van der Waals surface area contributed by atoms with E-state index in [1.807, 2.05) is 61.5 Å². The van der Waals surface area contributed by atoms with Crippen LogP contribution in [0.5, 0.6) is 5.75 Å². The maximum absolute atomic E-state index is 13.4. The Morgan fingerprint density at radius 1 is 1.04 bits per heavy atom. The van der Waals surface area contributed by atoms with Gasteiger partial charge in [0.2, 0.25) is 5.78 Å². The van der Waals surface area contributed by atoms with E-state index in [4.69, 9.17) is 9.72 Å². The number of ketones is 1. The molecule has 5 rings (SSSR count). The molecule has 2 aromatic heterocycles. The van der Waals surface area contributed by atoms with Crippen LogP contribution in [-0.2, 0) is 12.8 Å². The van der Waals surface area contributed by atoms with E-state index in [1.165, 1.54) is 0 Å². The number of pyridine rings is 1.